The van der Waals surface area contributed by atoms with Gasteiger partial charge < -0.3 is 4.42 Å². The molecule has 5 heteroatoms. The van der Waals surface area contributed by atoms with E-state index >= 15 is 0 Å². The highest BCUT2D eigenvalue weighted by molar-refractivity contribution is 6.22. The van der Waals surface area contributed by atoms with Gasteiger partial charge >= 0.3 is 0 Å². The molecule has 3 heterocycles. The van der Waals surface area contributed by atoms with Gasteiger partial charge in [0.15, 0.2) is 0 Å². The topological polar surface area (TPSA) is 86.5 Å². The Labute approximate surface area is 258 Å². The van der Waals surface area contributed by atoms with Crippen LogP contribution in [0.25, 0.3) is 77.5 Å². The summed E-state index contributed by atoms with van der Waals surface area (Å²) in [5.41, 5.74) is 10.6. The lowest BCUT2D eigenvalue weighted by Crippen LogP contribution is -1.86. The molecule has 5 aromatic carbocycles. The average Bonchev–Trinajstić information content (AvgIpc) is 3.49. The van der Waals surface area contributed by atoms with Crippen molar-refractivity contribution in [1.82, 2.24) is 9.97 Å². The van der Waals surface area contributed by atoms with E-state index in [1.165, 1.54) is 0 Å². The van der Waals surface area contributed by atoms with Gasteiger partial charge in [0.1, 0.15) is 11.2 Å². The van der Waals surface area contributed by atoms with Gasteiger partial charge in [-0.1, -0.05) is 78.9 Å². The van der Waals surface area contributed by atoms with Crippen LogP contribution in [0, 0.1) is 22.7 Å². The first kappa shape index (κ1) is 26.1. The molecule has 208 valence electrons. The maximum absolute atomic E-state index is 9.28. The second-order valence-corrected chi connectivity index (χ2v) is 10.9. The molecular weight excluding hydrogens is 552 g/mol. The van der Waals surface area contributed by atoms with Crippen molar-refractivity contribution in [3.8, 4) is 56.9 Å². The summed E-state index contributed by atoms with van der Waals surface area (Å²) in [6.07, 6.45) is 3.33. The van der Waals surface area contributed by atoms with Crippen LogP contribution >= 0.6 is 0 Å². The van der Waals surface area contributed by atoms with Crippen LogP contribution in [0.1, 0.15) is 11.1 Å². The SMILES string of the molecule is N#Cc1ccnc(-c2ccc(-c3ccc4c(c3)oc3cc(-c5ccc(-c6cc(C#N)ccn6)cc5)c5ccccc5c34)cc2)c1. The van der Waals surface area contributed by atoms with Gasteiger partial charge in [-0.15, -0.1) is 0 Å². The molecule has 0 fully saturated rings. The van der Waals surface area contributed by atoms with Crippen molar-refractivity contribution < 1.29 is 4.42 Å². The lowest BCUT2D eigenvalue weighted by atomic mass is 9.94. The van der Waals surface area contributed by atoms with Crippen LogP contribution in [-0.2, 0) is 0 Å². The zero-order chi connectivity index (χ0) is 30.3. The molecule has 0 N–H and O–H groups in total. The molecule has 0 aliphatic carbocycles. The minimum Gasteiger partial charge on any atom is -0.456 e. The van der Waals surface area contributed by atoms with Crippen LogP contribution in [-0.4, -0.2) is 9.97 Å². The second-order valence-electron chi connectivity index (χ2n) is 10.9. The van der Waals surface area contributed by atoms with Crippen LogP contribution in [0.15, 0.2) is 138 Å². The molecule has 0 saturated heterocycles. The Morgan fingerprint density at radius 2 is 1.02 bits per heavy atom. The van der Waals surface area contributed by atoms with Crippen LogP contribution in [0.3, 0.4) is 0 Å². The maximum atomic E-state index is 9.28. The van der Waals surface area contributed by atoms with Crippen molar-refractivity contribution >= 4 is 32.7 Å². The minimum absolute atomic E-state index is 0.588. The smallest absolute Gasteiger partial charge is 0.136 e. The number of fused-ring (bicyclic) bond motifs is 5. The van der Waals surface area contributed by atoms with E-state index in [4.69, 9.17) is 4.42 Å². The average molecular weight is 575 g/mol. The molecule has 0 spiro atoms. The first-order valence-electron chi connectivity index (χ1n) is 14.5. The third kappa shape index (κ3) is 4.57. The molecule has 3 aromatic heterocycles. The second kappa shape index (κ2) is 10.6. The lowest BCUT2D eigenvalue weighted by molar-refractivity contribution is 0.669. The summed E-state index contributed by atoms with van der Waals surface area (Å²) in [6.45, 7) is 0. The largest absolute Gasteiger partial charge is 0.456 e. The van der Waals surface area contributed by atoms with E-state index in [0.717, 1.165) is 77.5 Å². The molecular formula is C40H22N4O. The zero-order valence-corrected chi connectivity index (χ0v) is 23.9. The van der Waals surface area contributed by atoms with Crippen molar-refractivity contribution in [1.29, 1.82) is 10.5 Å². The third-order valence-electron chi connectivity index (χ3n) is 8.26. The number of hydrogen-bond donors (Lipinski definition) is 0. The van der Waals surface area contributed by atoms with E-state index in [-0.39, 0.29) is 0 Å². The summed E-state index contributed by atoms with van der Waals surface area (Å²) in [5, 5.41) is 23.0. The predicted octanol–water partition coefficient (Wildman–Crippen LogP) is 9.94. The van der Waals surface area contributed by atoms with Crippen molar-refractivity contribution in [3.63, 3.8) is 0 Å². The molecule has 5 nitrogen and oxygen atoms in total. The van der Waals surface area contributed by atoms with E-state index in [1.54, 1.807) is 36.7 Å². The summed E-state index contributed by atoms with van der Waals surface area (Å²) in [4.78, 5) is 8.87. The molecule has 0 saturated carbocycles. The van der Waals surface area contributed by atoms with E-state index in [0.29, 0.717) is 11.1 Å². The number of hydrogen-bond acceptors (Lipinski definition) is 5. The summed E-state index contributed by atoms with van der Waals surface area (Å²) in [5.74, 6) is 0. The number of pyridine rings is 2. The Hall–Kier alpha value is -6.56. The number of nitriles is 2. The third-order valence-corrected chi connectivity index (χ3v) is 8.26. The molecule has 8 rings (SSSR count). The molecule has 0 bridgehead atoms. The predicted molar refractivity (Wildman–Crippen MR) is 178 cm³/mol. The highest BCUT2D eigenvalue weighted by Crippen LogP contribution is 2.41. The zero-order valence-electron chi connectivity index (χ0n) is 23.9. The molecule has 0 atom stereocenters. The standard InChI is InChI=1S/C40H22N4O/c41-23-25-15-17-43-36(19-25)29-9-5-27(6-10-29)31-13-14-34-38(21-31)45-39-22-35(32-3-1-2-4-33(32)40(34)39)28-7-11-30(12-8-28)37-20-26(24-42)16-18-44-37/h1-22H. The first-order chi connectivity index (χ1) is 22.2. The van der Waals surface area contributed by atoms with E-state index in [1.807, 2.05) is 24.3 Å². The van der Waals surface area contributed by atoms with Gasteiger partial charge in [0, 0.05) is 34.3 Å². The summed E-state index contributed by atoms with van der Waals surface area (Å²) >= 11 is 0. The fourth-order valence-corrected chi connectivity index (χ4v) is 6.03. The van der Waals surface area contributed by atoms with Crippen molar-refractivity contribution in [2.75, 3.05) is 0 Å². The van der Waals surface area contributed by atoms with Gasteiger partial charge in [-0.2, -0.15) is 10.5 Å². The maximum Gasteiger partial charge on any atom is 0.136 e. The van der Waals surface area contributed by atoms with Crippen molar-refractivity contribution in [2.24, 2.45) is 0 Å². The number of rotatable bonds is 4. The Morgan fingerprint density at radius 3 is 1.64 bits per heavy atom. The van der Waals surface area contributed by atoms with Crippen molar-refractivity contribution in [2.45, 2.75) is 0 Å². The Kier molecular flexibility index (Phi) is 6.16. The summed E-state index contributed by atoms with van der Waals surface area (Å²) in [7, 11) is 0. The quantitative estimate of drug-likeness (QED) is 0.209. The fourth-order valence-electron chi connectivity index (χ4n) is 6.03. The molecule has 45 heavy (non-hydrogen) atoms. The highest BCUT2D eigenvalue weighted by atomic mass is 16.3. The lowest BCUT2D eigenvalue weighted by Gasteiger charge is -2.09. The normalized spacial score (nSPS) is 11.1. The number of furan rings is 1. The van der Waals surface area contributed by atoms with E-state index in [2.05, 4.69) is 94.9 Å². The van der Waals surface area contributed by atoms with Crippen LogP contribution in [0.4, 0.5) is 0 Å². The molecule has 8 aromatic rings. The van der Waals surface area contributed by atoms with Gasteiger partial charge in [-0.3, -0.25) is 9.97 Å². The van der Waals surface area contributed by atoms with Crippen LogP contribution in [0.2, 0.25) is 0 Å². The summed E-state index contributed by atoms with van der Waals surface area (Å²) < 4.78 is 6.54. The van der Waals surface area contributed by atoms with Gasteiger partial charge in [0.25, 0.3) is 0 Å². The number of benzene rings is 5. The van der Waals surface area contributed by atoms with Crippen LogP contribution < -0.4 is 0 Å². The molecule has 0 unspecified atom stereocenters. The fraction of sp³-hybridized carbons (Fsp3) is 0. The monoisotopic (exact) mass is 574 g/mol. The van der Waals surface area contributed by atoms with Gasteiger partial charge in [-0.05, 0) is 75.5 Å². The van der Waals surface area contributed by atoms with Crippen LogP contribution in [0.5, 0.6) is 0 Å². The number of aromatic nitrogens is 2. The molecule has 0 radical (unpaired) electrons. The number of nitrogens with zero attached hydrogens (tertiary/aromatic N) is 4. The molecule has 0 aliphatic rings. The van der Waals surface area contributed by atoms with Gasteiger partial charge in [-0.25, -0.2) is 0 Å². The van der Waals surface area contributed by atoms with E-state index < -0.39 is 0 Å². The Balaban J connectivity index is 1.19. The molecule has 0 aliphatic heterocycles. The van der Waals surface area contributed by atoms with Gasteiger partial charge in [0.2, 0.25) is 0 Å². The summed E-state index contributed by atoms with van der Waals surface area (Å²) in [6, 6.07) is 44.8. The van der Waals surface area contributed by atoms with Crippen molar-refractivity contribution in [3.05, 3.63) is 145 Å². The minimum atomic E-state index is 0.588. The van der Waals surface area contributed by atoms with E-state index in [9.17, 15) is 10.5 Å². The Bertz CT molecular complexity index is 2500. The Morgan fingerprint density at radius 1 is 0.467 bits per heavy atom. The van der Waals surface area contributed by atoms with Gasteiger partial charge in [0.05, 0.1) is 34.7 Å². The molecule has 0 amide bonds. The first-order valence-corrected chi connectivity index (χ1v) is 14.5. The highest BCUT2D eigenvalue weighted by Gasteiger charge is 2.16.